The van der Waals surface area contributed by atoms with Crippen LogP contribution in [0.15, 0.2) is 84.0 Å². The number of aliphatic imine (C=N–C) groups is 1. The van der Waals surface area contributed by atoms with E-state index in [1.165, 1.54) is 10.9 Å². The SMILES string of the molecule is Clc1ccc(/C(=C2/C=Nc3ccccc32)c2c[nH]c3ccccc23)cc1. The Morgan fingerprint density at radius 3 is 2.50 bits per heavy atom. The van der Waals surface area contributed by atoms with Gasteiger partial charge < -0.3 is 4.98 Å². The predicted molar refractivity (Wildman–Crippen MR) is 110 cm³/mol. The summed E-state index contributed by atoms with van der Waals surface area (Å²) in [6.45, 7) is 0. The first kappa shape index (κ1) is 15.2. The molecule has 2 nitrogen and oxygen atoms in total. The fraction of sp³-hybridized carbons (Fsp3) is 0. The van der Waals surface area contributed by atoms with Crippen molar-refractivity contribution in [2.45, 2.75) is 0 Å². The van der Waals surface area contributed by atoms with Crippen LogP contribution in [0.4, 0.5) is 5.69 Å². The van der Waals surface area contributed by atoms with Gasteiger partial charge in [-0.2, -0.15) is 0 Å². The van der Waals surface area contributed by atoms with Crippen LogP contribution in [0, 0.1) is 0 Å². The van der Waals surface area contributed by atoms with E-state index in [0.717, 1.165) is 38.5 Å². The van der Waals surface area contributed by atoms with Gasteiger partial charge in [-0.3, -0.25) is 4.99 Å². The summed E-state index contributed by atoms with van der Waals surface area (Å²) in [6, 6.07) is 24.6. The van der Waals surface area contributed by atoms with Crippen LogP contribution in [0.3, 0.4) is 0 Å². The van der Waals surface area contributed by atoms with Gasteiger partial charge in [0, 0.05) is 50.6 Å². The monoisotopic (exact) mass is 354 g/mol. The molecule has 2 heterocycles. The van der Waals surface area contributed by atoms with Crippen LogP contribution in [0.25, 0.3) is 22.0 Å². The average Bonchev–Trinajstić information content (AvgIpc) is 3.29. The first-order valence-electron chi connectivity index (χ1n) is 8.51. The first-order chi connectivity index (χ1) is 12.8. The number of H-pyrrole nitrogens is 1. The fourth-order valence-electron chi connectivity index (χ4n) is 3.57. The summed E-state index contributed by atoms with van der Waals surface area (Å²) in [6.07, 6.45) is 4.05. The van der Waals surface area contributed by atoms with Gasteiger partial charge in [0.25, 0.3) is 0 Å². The molecular weight excluding hydrogens is 340 g/mol. The van der Waals surface area contributed by atoms with Gasteiger partial charge in [0.15, 0.2) is 0 Å². The molecule has 0 fully saturated rings. The number of para-hydroxylation sites is 2. The molecule has 0 atom stereocenters. The Balaban J connectivity index is 1.85. The van der Waals surface area contributed by atoms with Crippen molar-refractivity contribution in [3.05, 3.63) is 101 Å². The van der Waals surface area contributed by atoms with Crippen LogP contribution >= 0.6 is 11.6 Å². The first-order valence-corrected chi connectivity index (χ1v) is 8.89. The molecule has 1 aliphatic heterocycles. The number of nitrogens with one attached hydrogen (secondary N) is 1. The lowest BCUT2D eigenvalue weighted by molar-refractivity contribution is 1.46. The molecule has 1 aliphatic rings. The van der Waals surface area contributed by atoms with Crippen LogP contribution in [0.5, 0.6) is 0 Å². The van der Waals surface area contributed by atoms with Crippen molar-refractivity contribution < 1.29 is 0 Å². The molecule has 3 aromatic carbocycles. The van der Waals surface area contributed by atoms with Gasteiger partial charge in [0.2, 0.25) is 0 Å². The second kappa shape index (κ2) is 6.01. The maximum absolute atomic E-state index is 6.13. The molecule has 124 valence electrons. The number of benzene rings is 3. The quantitative estimate of drug-likeness (QED) is 0.426. The molecule has 0 spiro atoms. The van der Waals surface area contributed by atoms with E-state index in [4.69, 9.17) is 11.6 Å². The summed E-state index contributed by atoms with van der Waals surface area (Å²) >= 11 is 6.13. The Morgan fingerprint density at radius 2 is 1.62 bits per heavy atom. The lowest BCUT2D eigenvalue weighted by Gasteiger charge is -2.12. The van der Waals surface area contributed by atoms with E-state index in [1.54, 1.807) is 0 Å². The number of rotatable bonds is 2. The summed E-state index contributed by atoms with van der Waals surface area (Å²) in [5.74, 6) is 0. The summed E-state index contributed by atoms with van der Waals surface area (Å²) in [5, 5.41) is 1.93. The van der Waals surface area contributed by atoms with Gasteiger partial charge in [0.1, 0.15) is 0 Å². The third-order valence-corrected chi connectivity index (χ3v) is 5.04. The molecule has 0 amide bonds. The lowest BCUT2D eigenvalue weighted by Crippen LogP contribution is -1.93. The standard InChI is InChI=1S/C23H15ClN2/c24-16-11-9-15(10-12-16)23(19-13-25-21-7-3-1-5-17(19)21)20-14-26-22-8-4-2-6-18(20)22/h1-14,25H/b23-20+. The normalized spacial score (nSPS) is 14.7. The van der Waals surface area contributed by atoms with E-state index in [-0.39, 0.29) is 0 Å². The Kier molecular flexibility index (Phi) is 3.51. The number of aromatic amines is 1. The van der Waals surface area contributed by atoms with Crippen molar-refractivity contribution in [3.8, 4) is 0 Å². The Labute approximate surface area is 156 Å². The third-order valence-electron chi connectivity index (χ3n) is 4.79. The molecule has 0 aliphatic carbocycles. The maximum Gasteiger partial charge on any atom is 0.0709 e. The molecule has 5 rings (SSSR count). The van der Waals surface area contributed by atoms with Crippen LogP contribution in [-0.4, -0.2) is 11.2 Å². The molecule has 0 bridgehead atoms. The minimum Gasteiger partial charge on any atom is -0.361 e. The molecule has 1 N–H and O–H groups in total. The zero-order valence-corrected chi connectivity index (χ0v) is 14.7. The van der Waals surface area contributed by atoms with Crippen LogP contribution in [0.1, 0.15) is 16.7 Å². The molecule has 0 unspecified atom stereocenters. The molecule has 0 saturated heterocycles. The molecular formula is C23H15ClN2. The zero-order valence-electron chi connectivity index (χ0n) is 13.9. The van der Waals surface area contributed by atoms with Gasteiger partial charge in [-0.15, -0.1) is 0 Å². The second-order valence-electron chi connectivity index (χ2n) is 6.32. The third kappa shape index (κ3) is 2.39. The Hall–Kier alpha value is -3.10. The molecule has 3 heteroatoms. The van der Waals surface area contributed by atoms with Crippen molar-refractivity contribution in [3.63, 3.8) is 0 Å². The average molecular weight is 355 g/mol. The Bertz CT molecular complexity index is 1180. The minimum absolute atomic E-state index is 0.734. The van der Waals surface area contributed by atoms with E-state index in [9.17, 15) is 0 Å². The van der Waals surface area contributed by atoms with Crippen LogP contribution < -0.4 is 0 Å². The van der Waals surface area contributed by atoms with E-state index < -0.39 is 0 Å². The summed E-state index contributed by atoms with van der Waals surface area (Å²) < 4.78 is 0. The predicted octanol–water partition coefficient (Wildman–Crippen LogP) is 6.50. The van der Waals surface area contributed by atoms with Gasteiger partial charge in [0.05, 0.1) is 5.69 Å². The van der Waals surface area contributed by atoms with Crippen molar-refractivity contribution in [2.75, 3.05) is 0 Å². The topological polar surface area (TPSA) is 28.1 Å². The van der Waals surface area contributed by atoms with Gasteiger partial charge >= 0.3 is 0 Å². The van der Waals surface area contributed by atoms with Crippen molar-refractivity contribution in [1.29, 1.82) is 0 Å². The van der Waals surface area contributed by atoms with Crippen molar-refractivity contribution >= 4 is 45.6 Å². The maximum atomic E-state index is 6.13. The van der Waals surface area contributed by atoms with E-state index >= 15 is 0 Å². The number of hydrogen-bond donors (Lipinski definition) is 1. The Morgan fingerprint density at radius 1 is 0.846 bits per heavy atom. The summed E-state index contributed by atoms with van der Waals surface area (Å²) in [7, 11) is 0. The minimum atomic E-state index is 0.734. The highest BCUT2D eigenvalue weighted by Gasteiger charge is 2.20. The largest absolute Gasteiger partial charge is 0.361 e. The van der Waals surface area contributed by atoms with Crippen molar-refractivity contribution in [1.82, 2.24) is 4.98 Å². The van der Waals surface area contributed by atoms with E-state index in [0.29, 0.717) is 0 Å². The number of nitrogens with zero attached hydrogens (tertiary/aromatic N) is 1. The number of halogens is 1. The number of allylic oxidation sites excluding steroid dienone is 1. The number of aromatic nitrogens is 1. The smallest absolute Gasteiger partial charge is 0.0709 e. The van der Waals surface area contributed by atoms with Gasteiger partial charge in [-0.05, 0) is 29.8 Å². The second-order valence-corrected chi connectivity index (χ2v) is 6.76. The number of hydrogen-bond acceptors (Lipinski definition) is 1. The van der Waals surface area contributed by atoms with Gasteiger partial charge in [-0.25, -0.2) is 0 Å². The molecule has 4 aromatic rings. The van der Waals surface area contributed by atoms with Crippen LogP contribution in [0.2, 0.25) is 5.02 Å². The summed E-state index contributed by atoms with van der Waals surface area (Å²) in [5.41, 5.74) is 7.87. The highest BCUT2D eigenvalue weighted by Crippen LogP contribution is 2.41. The van der Waals surface area contributed by atoms with E-state index in [1.807, 2.05) is 36.5 Å². The molecule has 1 aromatic heterocycles. The fourth-order valence-corrected chi connectivity index (χ4v) is 3.69. The van der Waals surface area contributed by atoms with Crippen molar-refractivity contribution in [2.24, 2.45) is 4.99 Å². The highest BCUT2D eigenvalue weighted by atomic mass is 35.5. The van der Waals surface area contributed by atoms with Gasteiger partial charge in [-0.1, -0.05) is 60.1 Å². The molecule has 26 heavy (non-hydrogen) atoms. The zero-order chi connectivity index (χ0) is 17.5. The highest BCUT2D eigenvalue weighted by molar-refractivity contribution is 6.31. The number of fused-ring (bicyclic) bond motifs is 2. The molecule has 0 saturated carbocycles. The van der Waals surface area contributed by atoms with E-state index in [2.05, 4.69) is 58.6 Å². The lowest BCUT2D eigenvalue weighted by atomic mass is 9.90. The molecule has 0 radical (unpaired) electrons. The van der Waals surface area contributed by atoms with Crippen LogP contribution in [-0.2, 0) is 0 Å². The summed E-state index contributed by atoms with van der Waals surface area (Å²) in [4.78, 5) is 8.01.